The second-order valence-electron chi connectivity index (χ2n) is 7.87. The largest absolute Gasteiger partial charge is 0.351 e. The maximum Gasteiger partial charge on any atom is 0.251 e. The molecule has 1 aliphatic rings. The highest BCUT2D eigenvalue weighted by molar-refractivity contribution is 5.94. The molecule has 4 nitrogen and oxygen atoms in total. The fraction of sp³-hybridized carbons (Fsp3) is 0.417. The van der Waals surface area contributed by atoms with Gasteiger partial charge in [-0.1, -0.05) is 49.4 Å². The van der Waals surface area contributed by atoms with Crippen molar-refractivity contribution in [3.8, 4) is 0 Å². The number of rotatable bonds is 6. The first-order valence-corrected chi connectivity index (χ1v) is 10.2. The van der Waals surface area contributed by atoms with Gasteiger partial charge in [-0.25, -0.2) is 0 Å². The highest BCUT2D eigenvalue weighted by Gasteiger charge is 2.20. The summed E-state index contributed by atoms with van der Waals surface area (Å²) in [6.07, 6.45) is 3.12. The minimum Gasteiger partial charge on any atom is -0.351 e. The van der Waals surface area contributed by atoms with Gasteiger partial charge in [0.15, 0.2) is 0 Å². The Morgan fingerprint density at radius 1 is 1.04 bits per heavy atom. The van der Waals surface area contributed by atoms with Crippen molar-refractivity contribution in [2.24, 2.45) is 5.92 Å². The normalized spacial score (nSPS) is 15.9. The van der Waals surface area contributed by atoms with Crippen LogP contribution in [-0.2, 0) is 11.2 Å². The van der Waals surface area contributed by atoms with E-state index in [4.69, 9.17) is 0 Å². The summed E-state index contributed by atoms with van der Waals surface area (Å²) >= 11 is 0. The summed E-state index contributed by atoms with van der Waals surface area (Å²) in [4.78, 5) is 25.8. The van der Waals surface area contributed by atoms with Gasteiger partial charge in [0.2, 0.25) is 5.91 Å². The van der Waals surface area contributed by atoms with Crippen molar-refractivity contribution < 1.29 is 9.59 Å². The molecule has 2 aromatic carbocycles. The molecule has 28 heavy (non-hydrogen) atoms. The number of amides is 2. The average molecular weight is 379 g/mol. The highest BCUT2D eigenvalue weighted by atomic mass is 16.2. The molecule has 1 unspecified atom stereocenters. The van der Waals surface area contributed by atoms with E-state index in [1.807, 2.05) is 35.2 Å². The summed E-state index contributed by atoms with van der Waals surface area (Å²) in [6, 6.07) is 18.2. The van der Waals surface area contributed by atoms with Crippen LogP contribution in [0.15, 0.2) is 54.6 Å². The van der Waals surface area contributed by atoms with Crippen LogP contribution in [0.2, 0.25) is 0 Å². The molecular formula is C24H30N2O2. The fourth-order valence-corrected chi connectivity index (χ4v) is 3.82. The van der Waals surface area contributed by atoms with Gasteiger partial charge < -0.3 is 10.2 Å². The predicted octanol–water partition coefficient (Wildman–Crippen LogP) is 4.02. The zero-order valence-electron chi connectivity index (χ0n) is 16.9. The van der Waals surface area contributed by atoms with E-state index in [2.05, 4.69) is 36.5 Å². The molecule has 0 aliphatic carbocycles. The predicted molar refractivity (Wildman–Crippen MR) is 112 cm³/mol. The van der Waals surface area contributed by atoms with Crippen LogP contribution >= 0.6 is 0 Å². The van der Waals surface area contributed by atoms with E-state index < -0.39 is 0 Å². The average Bonchev–Trinajstić information content (AvgIpc) is 2.73. The summed E-state index contributed by atoms with van der Waals surface area (Å²) in [5, 5.41) is 3.04. The third-order valence-corrected chi connectivity index (χ3v) is 5.74. The molecule has 0 radical (unpaired) electrons. The molecule has 0 spiro atoms. The van der Waals surface area contributed by atoms with Crippen LogP contribution in [-0.4, -0.2) is 36.3 Å². The van der Waals surface area contributed by atoms with Crippen molar-refractivity contribution >= 4 is 11.8 Å². The van der Waals surface area contributed by atoms with Gasteiger partial charge in [0.25, 0.3) is 5.91 Å². The van der Waals surface area contributed by atoms with Crippen molar-refractivity contribution in [1.82, 2.24) is 10.2 Å². The summed E-state index contributed by atoms with van der Waals surface area (Å²) in [5.74, 6) is 1.05. The Morgan fingerprint density at radius 3 is 2.29 bits per heavy atom. The molecule has 2 amide bonds. The summed E-state index contributed by atoms with van der Waals surface area (Å²) in [5.41, 5.74) is 3.19. The monoisotopic (exact) mass is 378 g/mol. The van der Waals surface area contributed by atoms with Crippen molar-refractivity contribution in [3.05, 3.63) is 71.3 Å². The van der Waals surface area contributed by atoms with Gasteiger partial charge in [0, 0.05) is 32.1 Å². The second-order valence-corrected chi connectivity index (χ2v) is 7.87. The number of piperidine rings is 1. The number of benzene rings is 2. The Labute approximate surface area is 167 Å². The van der Waals surface area contributed by atoms with Crippen LogP contribution in [0.4, 0.5) is 0 Å². The Bertz CT molecular complexity index is 778. The fourth-order valence-electron chi connectivity index (χ4n) is 3.82. The Morgan fingerprint density at radius 2 is 1.68 bits per heavy atom. The number of carbonyl (C=O) groups excluding carboxylic acids is 2. The molecule has 0 saturated carbocycles. The Hall–Kier alpha value is -2.62. The van der Waals surface area contributed by atoms with E-state index in [0.29, 0.717) is 18.0 Å². The number of carbonyl (C=O) groups is 2. The molecule has 1 heterocycles. The zero-order valence-corrected chi connectivity index (χ0v) is 16.9. The van der Waals surface area contributed by atoms with Crippen LogP contribution in [0, 0.1) is 5.92 Å². The lowest BCUT2D eigenvalue weighted by atomic mass is 9.90. The molecule has 1 fully saturated rings. The first-order chi connectivity index (χ1) is 13.5. The highest BCUT2D eigenvalue weighted by Crippen LogP contribution is 2.22. The van der Waals surface area contributed by atoms with E-state index in [1.54, 1.807) is 6.92 Å². The van der Waals surface area contributed by atoms with E-state index in [1.165, 1.54) is 11.1 Å². The van der Waals surface area contributed by atoms with E-state index >= 15 is 0 Å². The summed E-state index contributed by atoms with van der Waals surface area (Å²) < 4.78 is 0. The minimum absolute atomic E-state index is 0.0240. The lowest BCUT2D eigenvalue weighted by Crippen LogP contribution is -2.37. The maximum absolute atomic E-state index is 12.4. The smallest absolute Gasteiger partial charge is 0.251 e. The summed E-state index contributed by atoms with van der Waals surface area (Å²) in [6.45, 7) is 6.11. The number of likely N-dealkylation sites (tertiary alicyclic amines) is 1. The minimum atomic E-state index is -0.0240. The lowest BCUT2D eigenvalue weighted by molar-refractivity contribution is -0.130. The molecule has 4 heteroatoms. The zero-order chi connectivity index (χ0) is 19.9. The van der Waals surface area contributed by atoms with Crippen LogP contribution in [0.25, 0.3) is 0 Å². The topological polar surface area (TPSA) is 49.4 Å². The molecule has 3 rings (SSSR count). The van der Waals surface area contributed by atoms with Crippen LogP contribution in [0.5, 0.6) is 0 Å². The van der Waals surface area contributed by atoms with Gasteiger partial charge in [0.1, 0.15) is 0 Å². The number of hydrogen-bond donors (Lipinski definition) is 1. The Kier molecular flexibility index (Phi) is 6.85. The Balaban J connectivity index is 1.47. The number of hydrogen-bond acceptors (Lipinski definition) is 2. The molecule has 148 valence electrons. The molecule has 0 bridgehead atoms. The number of nitrogens with zero attached hydrogens (tertiary/aromatic N) is 1. The molecule has 1 saturated heterocycles. The standard InChI is InChI=1S/C24H30N2O2/c1-18(22-6-4-3-5-7-22)17-25-24(28)23-10-8-20(9-11-23)16-21-12-14-26(15-13-21)19(2)27/h3-11,18,21H,12-17H2,1-2H3,(H,25,28). The van der Waals surface area contributed by atoms with Crippen LogP contribution < -0.4 is 5.32 Å². The van der Waals surface area contributed by atoms with E-state index in [9.17, 15) is 9.59 Å². The third kappa shape index (κ3) is 5.44. The SMILES string of the molecule is CC(=O)N1CCC(Cc2ccc(C(=O)NCC(C)c3ccccc3)cc2)CC1. The molecule has 1 atom stereocenters. The van der Waals surface area contributed by atoms with Crippen LogP contribution in [0.1, 0.15) is 54.1 Å². The van der Waals surface area contributed by atoms with Gasteiger partial charge in [-0.2, -0.15) is 0 Å². The third-order valence-electron chi connectivity index (χ3n) is 5.74. The maximum atomic E-state index is 12.4. The van der Waals surface area contributed by atoms with Gasteiger partial charge in [-0.15, -0.1) is 0 Å². The molecule has 1 aliphatic heterocycles. The van der Waals surface area contributed by atoms with Crippen molar-refractivity contribution in [3.63, 3.8) is 0 Å². The molecular weight excluding hydrogens is 348 g/mol. The molecule has 0 aromatic heterocycles. The first-order valence-electron chi connectivity index (χ1n) is 10.2. The molecule has 1 N–H and O–H groups in total. The summed E-state index contributed by atoms with van der Waals surface area (Å²) in [7, 11) is 0. The van der Waals surface area contributed by atoms with Gasteiger partial charge in [-0.3, -0.25) is 9.59 Å². The quantitative estimate of drug-likeness (QED) is 0.825. The van der Waals surface area contributed by atoms with Gasteiger partial charge in [-0.05, 0) is 54.4 Å². The van der Waals surface area contributed by atoms with Crippen molar-refractivity contribution in [1.29, 1.82) is 0 Å². The second kappa shape index (κ2) is 9.54. The van der Waals surface area contributed by atoms with Crippen LogP contribution in [0.3, 0.4) is 0 Å². The lowest BCUT2D eigenvalue weighted by Gasteiger charge is -2.31. The van der Waals surface area contributed by atoms with E-state index in [-0.39, 0.29) is 17.7 Å². The van der Waals surface area contributed by atoms with Gasteiger partial charge in [0.05, 0.1) is 0 Å². The first kappa shape index (κ1) is 20.1. The van der Waals surface area contributed by atoms with Crippen molar-refractivity contribution in [2.75, 3.05) is 19.6 Å². The van der Waals surface area contributed by atoms with Gasteiger partial charge >= 0.3 is 0 Å². The van der Waals surface area contributed by atoms with Crippen molar-refractivity contribution in [2.45, 2.75) is 39.0 Å². The van der Waals surface area contributed by atoms with E-state index in [0.717, 1.165) is 32.4 Å². The number of nitrogens with one attached hydrogen (secondary N) is 1. The molecule has 2 aromatic rings.